The van der Waals surface area contributed by atoms with Gasteiger partial charge in [-0.15, -0.1) is 0 Å². The van der Waals surface area contributed by atoms with E-state index in [-0.39, 0.29) is 17.1 Å². The largest absolute Gasteiger partial charge is 0.394 e. The molecule has 0 aromatic carbocycles. The van der Waals surface area contributed by atoms with E-state index in [2.05, 4.69) is 15.0 Å². The molecule has 128 valence electrons. The van der Waals surface area contributed by atoms with Crippen molar-refractivity contribution in [1.29, 1.82) is 0 Å². The van der Waals surface area contributed by atoms with Crippen molar-refractivity contribution in [2.24, 2.45) is 0 Å². The number of nitrogens with one attached hydrogen (secondary N) is 1. The molecule has 0 aliphatic carbocycles. The summed E-state index contributed by atoms with van der Waals surface area (Å²) >= 11 is 0. The first-order valence-electron chi connectivity index (χ1n) is 7.00. The fraction of sp³-hybridized carbons (Fsp3) is 0.615. The lowest BCUT2D eigenvalue weighted by Crippen LogP contribution is -2.53. The van der Waals surface area contributed by atoms with E-state index in [4.69, 9.17) is 10.5 Å². The van der Waals surface area contributed by atoms with Crippen LogP contribution in [0.1, 0.15) is 19.9 Å². The normalized spacial score (nSPS) is 18.5. The van der Waals surface area contributed by atoms with Gasteiger partial charge in [-0.05, 0) is 13.8 Å². The van der Waals surface area contributed by atoms with E-state index < -0.39 is 36.0 Å². The monoisotopic (exact) mass is 327 g/mol. The van der Waals surface area contributed by atoms with E-state index in [9.17, 15) is 20.1 Å². The van der Waals surface area contributed by atoms with Crippen LogP contribution in [0.15, 0.2) is 11.1 Å². The molecule has 0 radical (unpaired) electrons. The molecule has 4 atom stereocenters. The third kappa shape index (κ3) is 2.93. The highest BCUT2D eigenvalue weighted by Crippen LogP contribution is 2.30. The van der Waals surface area contributed by atoms with E-state index in [0.717, 1.165) is 0 Å². The molecular weight excluding hydrogens is 306 g/mol. The smallest absolute Gasteiger partial charge is 0.280 e. The van der Waals surface area contributed by atoms with Crippen molar-refractivity contribution in [2.45, 2.75) is 37.7 Å². The second kappa shape index (κ2) is 6.24. The zero-order valence-corrected chi connectivity index (χ0v) is 13.1. The molecule has 23 heavy (non-hydrogen) atoms. The number of hydrogen-bond donors (Lipinski definition) is 5. The number of aliphatic hydroxyl groups is 3. The summed E-state index contributed by atoms with van der Waals surface area (Å²) in [4.78, 5) is 22.1. The van der Waals surface area contributed by atoms with E-state index in [1.54, 1.807) is 6.92 Å². The molecule has 0 spiro atoms. The molecule has 0 aliphatic rings. The Hall–Kier alpha value is -2.01. The van der Waals surface area contributed by atoms with Gasteiger partial charge in [-0.1, -0.05) is 0 Å². The van der Waals surface area contributed by atoms with E-state index in [0.29, 0.717) is 0 Å². The third-order valence-electron chi connectivity index (χ3n) is 4.15. The maximum absolute atomic E-state index is 11.8. The van der Waals surface area contributed by atoms with Crippen LogP contribution in [0.25, 0.3) is 11.2 Å². The van der Waals surface area contributed by atoms with Gasteiger partial charge in [0, 0.05) is 7.11 Å². The molecule has 0 fully saturated rings. The van der Waals surface area contributed by atoms with Crippen LogP contribution in [0.3, 0.4) is 0 Å². The number of rotatable bonds is 6. The minimum absolute atomic E-state index is 0.0711. The molecule has 0 amide bonds. The van der Waals surface area contributed by atoms with Crippen LogP contribution in [0.2, 0.25) is 0 Å². The quantitative estimate of drug-likeness (QED) is 0.423. The first-order chi connectivity index (χ1) is 10.7. The van der Waals surface area contributed by atoms with Gasteiger partial charge in [0.15, 0.2) is 11.2 Å². The van der Waals surface area contributed by atoms with E-state index in [1.165, 1.54) is 24.9 Å². The third-order valence-corrected chi connectivity index (χ3v) is 4.15. The van der Waals surface area contributed by atoms with Crippen molar-refractivity contribution in [1.82, 2.24) is 19.5 Å². The fourth-order valence-corrected chi connectivity index (χ4v) is 2.43. The second-order valence-corrected chi connectivity index (χ2v) is 5.58. The van der Waals surface area contributed by atoms with Crippen molar-refractivity contribution < 1.29 is 20.1 Å². The van der Waals surface area contributed by atoms with Gasteiger partial charge < -0.3 is 30.4 Å². The standard InChI is InChI=1S/C13H21N5O5/c1-6(13(2,22)9(20)7(4-19)23-3)18-5-15-8-10(18)16-12(14)17-11(8)21/h5-7,9,19-20,22H,4H2,1-3H3,(H3,14,16,17,21)/t6-,7?,9?,13-/m1/s1. The van der Waals surface area contributed by atoms with Gasteiger partial charge in [-0.25, -0.2) is 4.98 Å². The lowest BCUT2D eigenvalue weighted by Gasteiger charge is -2.38. The number of methoxy groups -OCH3 is 1. The van der Waals surface area contributed by atoms with Crippen molar-refractivity contribution in [3.05, 3.63) is 16.7 Å². The van der Waals surface area contributed by atoms with Crippen molar-refractivity contribution in [2.75, 3.05) is 19.5 Å². The summed E-state index contributed by atoms with van der Waals surface area (Å²) in [5.74, 6) is -0.0817. The number of ether oxygens (including phenoxy) is 1. The average Bonchev–Trinajstić information content (AvgIpc) is 2.91. The van der Waals surface area contributed by atoms with Gasteiger partial charge in [0.05, 0.1) is 19.0 Å². The molecule has 2 rings (SSSR count). The Labute approximate surface area is 131 Å². The van der Waals surface area contributed by atoms with E-state index >= 15 is 0 Å². The Balaban J connectivity index is 2.47. The molecule has 10 heteroatoms. The molecule has 2 heterocycles. The number of nitrogens with zero attached hydrogens (tertiary/aromatic N) is 3. The van der Waals surface area contributed by atoms with E-state index in [1.807, 2.05) is 0 Å². The molecule has 2 aromatic heterocycles. The second-order valence-electron chi connectivity index (χ2n) is 5.58. The highest BCUT2D eigenvalue weighted by Gasteiger charge is 2.42. The topological polar surface area (TPSA) is 160 Å². The Morgan fingerprint density at radius 3 is 2.78 bits per heavy atom. The first-order valence-corrected chi connectivity index (χ1v) is 7.00. The SMILES string of the molecule is COC(CO)C(O)[C@](C)(O)[C@@H](C)n1cnc2c(=O)[nH]c(N)nc21. The molecule has 2 unspecified atom stereocenters. The first kappa shape index (κ1) is 17.3. The van der Waals surface area contributed by atoms with Gasteiger partial charge >= 0.3 is 0 Å². The van der Waals surface area contributed by atoms with Crippen molar-refractivity contribution >= 4 is 17.1 Å². The number of nitrogens with two attached hydrogens (primary N) is 1. The highest BCUT2D eigenvalue weighted by atomic mass is 16.5. The van der Waals surface area contributed by atoms with Crippen LogP contribution in [0.4, 0.5) is 5.95 Å². The van der Waals surface area contributed by atoms with Crippen LogP contribution >= 0.6 is 0 Å². The summed E-state index contributed by atoms with van der Waals surface area (Å²) in [6, 6.07) is -0.736. The average molecular weight is 327 g/mol. The van der Waals surface area contributed by atoms with Crippen LogP contribution in [-0.2, 0) is 4.74 Å². The lowest BCUT2D eigenvalue weighted by atomic mass is 9.88. The molecule has 0 saturated carbocycles. The molecule has 0 saturated heterocycles. The Bertz CT molecular complexity index is 736. The number of aromatic amines is 1. The summed E-state index contributed by atoms with van der Waals surface area (Å²) in [6.45, 7) is 2.55. The molecule has 2 aromatic rings. The minimum Gasteiger partial charge on any atom is -0.394 e. The molecule has 10 nitrogen and oxygen atoms in total. The van der Waals surface area contributed by atoms with Crippen LogP contribution < -0.4 is 11.3 Å². The summed E-state index contributed by atoms with van der Waals surface area (Å²) in [7, 11) is 1.32. The number of H-pyrrole nitrogens is 1. The van der Waals surface area contributed by atoms with Crippen molar-refractivity contribution in [3.63, 3.8) is 0 Å². The number of imidazole rings is 1. The summed E-state index contributed by atoms with van der Waals surface area (Å²) in [5, 5.41) is 30.3. The molecule has 0 bridgehead atoms. The van der Waals surface area contributed by atoms with Crippen LogP contribution in [-0.4, -0.2) is 66.4 Å². The Morgan fingerprint density at radius 2 is 2.22 bits per heavy atom. The highest BCUT2D eigenvalue weighted by molar-refractivity contribution is 5.70. The van der Waals surface area contributed by atoms with Crippen molar-refractivity contribution in [3.8, 4) is 0 Å². The van der Waals surface area contributed by atoms with Gasteiger partial charge in [0.25, 0.3) is 5.56 Å². The fourth-order valence-electron chi connectivity index (χ4n) is 2.43. The Morgan fingerprint density at radius 1 is 1.57 bits per heavy atom. The summed E-state index contributed by atoms with van der Waals surface area (Å²) < 4.78 is 6.40. The summed E-state index contributed by atoms with van der Waals surface area (Å²) in [6.07, 6.45) is -1.02. The van der Waals surface area contributed by atoms with Gasteiger partial charge in [0.1, 0.15) is 17.8 Å². The minimum atomic E-state index is -1.70. The number of fused-ring (bicyclic) bond motifs is 1. The van der Waals surface area contributed by atoms with Gasteiger partial charge in [-0.2, -0.15) is 4.98 Å². The predicted molar refractivity (Wildman–Crippen MR) is 81.8 cm³/mol. The number of aliphatic hydroxyl groups excluding tert-OH is 2. The molecule has 0 aliphatic heterocycles. The van der Waals surface area contributed by atoms with Gasteiger partial charge in [0.2, 0.25) is 5.95 Å². The number of anilines is 1. The number of hydrogen-bond acceptors (Lipinski definition) is 8. The zero-order valence-electron chi connectivity index (χ0n) is 13.1. The Kier molecular flexibility index (Phi) is 4.71. The molecule has 6 N–H and O–H groups in total. The van der Waals surface area contributed by atoms with Crippen LogP contribution in [0, 0.1) is 0 Å². The maximum Gasteiger partial charge on any atom is 0.280 e. The zero-order chi connectivity index (χ0) is 17.4. The lowest BCUT2D eigenvalue weighted by molar-refractivity contribution is -0.153. The number of aromatic nitrogens is 4. The van der Waals surface area contributed by atoms with Gasteiger partial charge in [-0.3, -0.25) is 9.78 Å². The summed E-state index contributed by atoms with van der Waals surface area (Å²) in [5.41, 5.74) is 3.60. The van der Waals surface area contributed by atoms with Crippen LogP contribution in [0.5, 0.6) is 0 Å². The molecular formula is C13H21N5O5. The number of nitrogen functional groups attached to an aromatic ring is 1. The predicted octanol–water partition coefficient (Wildman–Crippen LogP) is -1.62. The maximum atomic E-state index is 11.8.